The predicted molar refractivity (Wildman–Crippen MR) is 94.9 cm³/mol. The van der Waals surface area contributed by atoms with Crippen molar-refractivity contribution in [2.24, 2.45) is 5.41 Å². The van der Waals surface area contributed by atoms with Crippen LogP contribution >= 0.6 is 0 Å². The summed E-state index contributed by atoms with van der Waals surface area (Å²) < 4.78 is 8.41. The number of hydrogen-bond acceptors (Lipinski definition) is 5. The number of nitrogens with one attached hydrogen (secondary N) is 1. The van der Waals surface area contributed by atoms with E-state index in [-0.39, 0.29) is 5.60 Å². The van der Waals surface area contributed by atoms with Crippen LogP contribution < -0.4 is 5.32 Å². The van der Waals surface area contributed by atoms with Gasteiger partial charge in [-0.2, -0.15) is 0 Å². The molecule has 3 rings (SSSR count). The molecule has 0 unspecified atom stereocenters. The van der Waals surface area contributed by atoms with Gasteiger partial charge < -0.3 is 10.1 Å². The normalized spacial score (nSPS) is 29.6. The van der Waals surface area contributed by atoms with Crippen molar-refractivity contribution in [3.05, 3.63) is 11.9 Å². The largest absolute Gasteiger partial charge is 0.374 e. The Labute approximate surface area is 145 Å². The van der Waals surface area contributed by atoms with Crippen molar-refractivity contribution in [2.75, 3.05) is 33.8 Å². The minimum absolute atomic E-state index is 0.129. The first-order valence-corrected chi connectivity index (χ1v) is 9.29. The first kappa shape index (κ1) is 17.8. The second kappa shape index (κ2) is 7.10. The molecule has 2 fully saturated rings. The summed E-state index contributed by atoms with van der Waals surface area (Å²) in [5, 5.41) is 11.8. The first-order chi connectivity index (χ1) is 11.4. The van der Waals surface area contributed by atoms with Gasteiger partial charge in [0.2, 0.25) is 0 Å². The number of nitrogens with zero attached hydrogens (tertiary/aromatic N) is 4. The van der Waals surface area contributed by atoms with Gasteiger partial charge in [-0.1, -0.05) is 19.1 Å². The molecule has 6 nitrogen and oxygen atoms in total. The van der Waals surface area contributed by atoms with Crippen LogP contribution in [0.2, 0.25) is 0 Å². The SMILES string of the molecule is CNCCN(C)Cc1cnnn1[C@H]1CC[C@@]2(CC1)CC(C)(C)CO2. The molecule has 2 heterocycles. The zero-order valence-electron chi connectivity index (χ0n) is 15.7. The van der Waals surface area contributed by atoms with Gasteiger partial charge in [0, 0.05) is 19.6 Å². The smallest absolute Gasteiger partial charge is 0.0738 e. The molecular formula is C18H33N5O. The third-order valence-corrected chi connectivity index (χ3v) is 5.61. The van der Waals surface area contributed by atoms with E-state index < -0.39 is 0 Å². The van der Waals surface area contributed by atoms with Gasteiger partial charge in [-0.3, -0.25) is 4.90 Å². The highest BCUT2D eigenvalue weighted by molar-refractivity contribution is 5.01. The molecule has 0 amide bonds. The molecule has 1 saturated carbocycles. The average molecular weight is 335 g/mol. The van der Waals surface area contributed by atoms with Crippen LogP contribution in [0.3, 0.4) is 0 Å². The van der Waals surface area contributed by atoms with Gasteiger partial charge in [-0.05, 0) is 51.6 Å². The third-order valence-electron chi connectivity index (χ3n) is 5.61. The second-order valence-electron chi connectivity index (χ2n) is 8.56. The maximum Gasteiger partial charge on any atom is 0.0738 e. The molecule has 1 saturated heterocycles. The van der Waals surface area contributed by atoms with E-state index in [1.54, 1.807) is 0 Å². The highest BCUT2D eigenvalue weighted by atomic mass is 16.5. The number of rotatable bonds is 6. The zero-order chi connectivity index (χ0) is 17.2. The molecule has 2 aliphatic rings. The van der Waals surface area contributed by atoms with Crippen LogP contribution in [0.4, 0.5) is 0 Å². The van der Waals surface area contributed by atoms with Crippen molar-refractivity contribution in [1.82, 2.24) is 25.2 Å². The monoisotopic (exact) mass is 335 g/mol. The molecule has 0 aromatic carbocycles. The molecule has 1 aliphatic heterocycles. The Balaban J connectivity index is 1.58. The Morgan fingerprint density at radius 3 is 2.75 bits per heavy atom. The number of aromatic nitrogens is 3. The fourth-order valence-electron chi connectivity index (χ4n) is 4.36. The number of likely N-dealkylation sites (N-methyl/N-ethyl adjacent to an activating group) is 2. The molecule has 0 atom stereocenters. The molecular weight excluding hydrogens is 302 g/mol. The molecule has 1 aliphatic carbocycles. The van der Waals surface area contributed by atoms with E-state index in [0.717, 1.165) is 51.9 Å². The van der Waals surface area contributed by atoms with Crippen LogP contribution in [0.15, 0.2) is 6.20 Å². The van der Waals surface area contributed by atoms with Crippen molar-refractivity contribution >= 4 is 0 Å². The van der Waals surface area contributed by atoms with Crippen molar-refractivity contribution in [1.29, 1.82) is 0 Å². The average Bonchev–Trinajstić information content (AvgIpc) is 3.11. The molecule has 6 heteroatoms. The van der Waals surface area contributed by atoms with Crippen molar-refractivity contribution in [3.63, 3.8) is 0 Å². The lowest BCUT2D eigenvalue weighted by atomic mass is 9.75. The van der Waals surface area contributed by atoms with Gasteiger partial charge >= 0.3 is 0 Å². The first-order valence-electron chi connectivity index (χ1n) is 9.29. The quantitative estimate of drug-likeness (QED) is 0.864. The van der Waals surface area contributed by atoms with Gasteiger partial charge in [-0.25, -0.2) is 4.68 Å². The van der Waals surface area contributed by atoms with Gasteiger partial charge in [-0.15, -0.1) is 5.10 Å². The standard InChI is InChI=1S/C18H33N5O/c1-17(2)13-18(24-14-17)7-5-15(6-8-18)23-16(11-20-21-23)12-22(4)10-9-19-3/h11,15,19H,5-10,12-14H2,1-4H3/t15-,18+. The predicted octanol–water partition coefficient (Wildman–Crippen LogP) is 2.23. The van der Waals surface area contributed by atoms with Crippen molar-refractivity contribution < 1.29 is 4.74 Å². The fraction of sp³-hybridized carbons (Fsp3) is 0.889. The molecule has 136 valence electrons. The van der Waals surface area contributed by atoms with E-state index >= 15 is 0 Å². The Morgan fingerprint density at radius 1 is 1.38 bits per heavy atom. The molecule has 24 heavy (non-hydrogen) atoms. The molecule has 1 aromatic rings. The minimum Gasteiger partial charge on any atom is -0.374 e. The van der Waals surface area contributed by atoms with Gasteiger partial charge in [0.1, 0.15) is 0 Å². The Morgan fingerprint density at radius 2 is 2.12 bits per heavy atom. The zero-order valence-corrected chi connectivity index (χ0v) is 15.7. The molecule has 0 radical (unpaired) electrons. The second-order valence-corrected chi connectivity index (χ2v) is 8.56. The molecule has 1 spiro atoms. The van der Waals surface area contributed by atoms with Gasteiger partial charge in [0.05, 0.1) is 30.1 Å². The summed E-state index contributed by atoms with van der Waals surface area (Å²) in [5.74, 6) is 0. The van der Waals surface area contributed by atoms with Crippen LogP contribution in [-0.4, -0.2) is 59.3 Å². The van der Waals surface area contributed by atoms with E-state index in [1.807, 2.05) is 13.2 Å². The van der Waals surface area contributed by atoms with Crippen molar-refractivity contribution in [3.8, 4) is 0 Å². The van der Waals surface area contributed by atoms with E-state index in [9.17, 15) is 0 Å². The molecule has 0 bridgehead atoms. The summed E-state index contributed by atoms with van der Waals surface area (Å²) in [7, 11) is 4.14. The maximum atomic E-state index is 6.24. The summed E-state index contributed by atoms with van der Waals surface area (Å²) >= 11 is 0. The highest BCUT2D eigenvalue weighted by Crippen LogP contribution is 2.48. The summed E-state index contributed by atoms with van der Waals surface area (Å²) in [6.07, 6.45) is 7.71. The van der Waals surface area contributed by atoms with E-state index in [0.29, 0.717) is 11.5 Å². The van der Waals surface area contributed by atoms with E-state index in [4.69, 9.17) is 4.74 Å². The van der Waals surface area contributed by atoms with E-state index in [2.05, 4.69) is 46.1 Å². The maximum absolute atomic E-state index is 6.24. The Kier molecular flexibility index (Phi) is 5.27. The van der Waals surface area contributed by atoms with E-state index in [1.165, 1.54) is 12.1 Å². The lowest BCUT2D eigenvalue weighted by Gasteiger charge is -2.37. The van der Waals surface area contributed by atoms with Crippen LogP contribution in [-0.2, 0) is 11.3 Å². The number of ether oxygens (including phenoxy) is 1. The molecule has 1 aromatic heterocycles. The molecule has 1 N–H and O–H groups in total. The van der Waals surface area contributed by atoms with Crippen LogP contribution in [0.5, 0.6) is 0 Å². The van der Waals surface area contributed by atoms with Gasteiger partial charge in [0.15, 0.2) is 0 Å². The van der Waals surface area contributed by atoms with Crippen LogP contribution in [0.25, 0.3) is 0 Å². The van der Waals surface area contributed by atoms with Gasteiger partial charge in [0.25, 0.3) is 0 Å². The highest BCUT2D eigenvalue weighted by Gasteiger charge is 2.46. The summed E-state index contributed by atoms with van der Waals surface area (Å²) in [6, 6.07) is 0.470. The minimum atomic E-state index is 0.129. The summed E-state index contributed by atoms with van der Waals surface area (Å²) in [6.45, 7) is 8.48. The Hall–Kier alpha value is -0.980. The van der Waals surface area contributed by atoms with Crippen molar-refractivity contribution in [2.45, 2.75) is 64.1 Å². The van der Waals surface area contributed by atoms with Crippen LogP contribution in [0.1, 0.15) is 57.7 Å². The third kappa shape index (κ3) is 3.98. The number of hydrogen-bond donors (Lipinski definition) is 1. The summed E-state index contributed by atoms with van der Waals surface area (Å²) in [4.78, 5) is 2.32. The Bertz CT molecular complexity index is 533. The summed E-state index contributed by atoms with van der Waals surface area (Å²) in [5.41, 5.74) is 1.69. The lowest BCUT2D eigenvalue weighted by Crippen LogP contribution is -2.35. The topological polar surface area (TPSA) is 55.2 Å². The van der Waals surface area contributed by atoms with Crippen LogP contribution in [0, 0.1) is 5.41 Å². The lowest BCUT2D eigenvalue weighted by molar-refractivity contribution is -0.0355. The fourth-order valence-corrected chi connectivity index (χ4v) is 4.36.